The van der Waals surface area contributed by atoms with E-state index in [0.29, 0.717) is 5.75 Å². The Morgan fingerprint density at radius 2 is 1.17 bits per heavy atom. The summed E-state index contributed by atoms with van der Waals surface area (Å²) in [6, 6.07) is 28.4. The highest BCUT2D eigenvalue weighted by molar-refractivity contribution is 7.53. The first-order valence-electron chi connectivity index (χ1n) is 7.80. The standard InChI is InChI=1S/C20H19O3P/c21-24(17-19-12-6-2-7-13-19,23-20-14-8-3-9-15-20)22-16-18-10-4-1-5-11-18/h1-15H,16-17H2. The molecular weight excluding hydrogens is 319 g/mol. The van der Waals surface area contributed by atoms with Gasteiger partial charge in [0.25, 0.3) is 0 Å². The summed E-state index contributed by atoms with van der Waals surface area (Å²) in [5.74, 6) is 0.546. The van der Waals surface area contributed by atoms with E-state index in [-0.39, 0.29) is 12.8 Å². The fraction of sp³-hybridized carbons (Fsp3) is 0.100. The van der Waals surface area contributed by atoms with Crippen LogP contribution in [-0.4, -0.2) is 0 Å². The Morgan fingerprint density at radius 1 is 0.667 bits per heavy atom. The number of hydrogen-bond acceptors (Lipinski definition) is 3. The van der Waals surface area contributed by atoms with Crippen molar-refractivity contribution in [2.24, 2.45) is 0 Å². The molecule has 0 N–H and O–H groups in total. The van der Waals surface area contributed by atoms with Crippen molar-refractivity contribution < 1.29 is 13.6 Å². The van der Waals surface area contributed by atoms with E-state index in [1.165, 1.54) is 0 Å². The highest BCUT2D eigenvalue weighted by atomic mass is 31.2. The van der Waals surface area contributed by atoms with E-state index in [2.05, 4.69) is 0 Å². The van der Waals surface area contributed by atoms with Crippen molar-refractivity contribution in [3.05, 3.63) is 102 Å². The van der Waals surface area contributed by atoms with Crippen LogP contribution >= 0.6 is 7.60 Å². The van der Waals surface area contributed by atoms with E-state index in [4.69, 9.17) is 9.05 Å². The van der Waals surface area contributed by atoms with Crippen LogP contribution in [0, 0.1) is 0 Å². The third-order valence-electron chi connectivity index (χ3n) is 3.48. The first-order valence-corrected chi connectivity index (χ1v) is 9.52. The van der Waals surface area contributed by atoms with Crippen molar-refractivity contribution in [3.8, 4) is 5.75 Å². The molecule has 0 saturated heterocycles. The zero-order chi connectivity index (χ0) is 16.7. The number of benzene rings is 3. The van der Waals surface area contributed by atoms with Gasteiger partial charge in [0.2, 0.25) is 0 Å². The van der Waals surface area contributed by atoms with Gasteiger partial charge >= 0.3 is 7.60 Å². The molecule has 0 aliphatic carbocycles. The van der Waals surface area contributed by atoms with Crippen LogP contribution in [0.4, 0.5) is 0 Å². The molecule has 0 fully saturated rings. The normalized spacial score (nSPS) is 13.2. The van der Waals surface area contributed by atoms with E-state index >= 15 is 0 Å². The monoisotopic (exact) mass is 338 g/mol. The van der Waals surface area contributed by atoms with Crippen LogP contribution < -0.4 is 4.52 Å². The van der Waals surface area contributed by atoms with Crippen molar-refractivity contribution in [2.45, 2.75) is 12.8 Å². The summed E-state index contributed by atoms with van der Waals surface area (Å²) in [6.45, 7) is 0.248. The van der Waals surface area contributed by atoms with Gasteiger partial charge in [-0.15, -0.1) is 0 Å². The minimum atomic E-state index is -3.33. The van der Waals surface area contributed by atoms with Gasteiger partial charge in [-0.05, 0) is 23.3 Å². The molecule has 0 heterocycles. The molecule has 24 heavy (non-hydrogen) atoms. The molecule has 0 aliphatic heterocycles. The molecule has 4 heteroatoms. The minimum Gasteiger partial charge on any atom is -0.424 e. The molecule has 3 aromatic carbocycles. The first kappa shape index (κ1) is 16.5. The zero-order valence-electron chi connectivity index (χ0n) is 13.2. The fourth-order valence-corrected chi connectivity index (χ4v) is 3.96. The molecule has 3 aromatic rings. The van der Waals surface area contributed by atoms with Gasteiger partial charge in [-0.1, -0.05) is 78.9 Å². The smallest absolute Gasteiger partial charge is 0.383 e. The highest BCUT2D eigenvalue weighted by Gasteiger charge is 2.27. The third-order valence-corrected chi connectivity index (χ3v) is 5.24. The topological polar surface area (TPSA) is 35.5 Å². The van der Waals surface area contributed by atoms with Crippen molar-refractivity contribution >= 4 is 7.60 Å². The van der Waals surface area contributed by atoms with Crippen LogP contribution in [0.25, 0.3) is 0 Å². The summed E-state index contributed by atoms with van der Waals surface area (Å²) in [6.07, 6.45) is 0.232. The summed E-state index contributed by atoms with van der Waals surface area (Å²) < 4.78 is 24.8. The molecule has 1 atom stereocenters. The Kier molecular flexibility index (Phi) is 5.47. The molecule has 3 rings (SSSR count). The Morgan fingerprint density at radius 3 is 1.75 bits per heavy atom. The molecule has 3 nitrogen and oxygen atoms in total. The Hall–Kier alpha value is -2.35. The molecule has 0 aliphatic rings. The summed E-state index contributed by atoms with van der Waals surface area (Å²) in [5.41, 5.74) is 1.88. The molecular formula is C20H19O3P. The summed E-state index contributed by atoms with van der Waals surface area (Å²) in [7, 11) is -3.33. The Bertz CT molecular complexity index is 743. The SMILES string of the molecule is O=P(Cc1ccccc1)(OCc1ccccc1)Oc1ccccc1. The average Bonchev–Trinajstić information content (AvgIpc) is 2.63. The zero-order valence-corrected chi connectivity index (χ0v) is 14.1. The molecule has 0 saturated carbocycles. The van der Waals surface area contributed by atoms with Crippen molar-refractivity contribution in [1.82, 2.24) is 0 Å². The lowest BCUT2D eigenvalue weighted by Gasteiger charge is -2.19. The molecule has 0 aromatic heterocycles. The van der Waals surface area contributed by atoms with Crippen LogP contribution in [0.2, 0.25) is 0 Å². The van der Waals surface area contributed by atoms with Crippen LogP contribution in [0.1, 0.15) is 11.1 Å². The molecule has 0 radical (unpaired) electrons. The molecule has 1 unspecified atom stereocenters. The summed E-state index contributed by atoms with van der Waals surface area (Å²) in [4.78, 5) is 0. The van der Waals surface area contributed by atoms with E-state index < -0.39 is 7.60 Å². The lowest BCUT2D eigenvalue weighted by molar-refractivity contribution is 0.254. The van der Waals surface area contributed by atoms with Gasteiger partial charge in [-0.2, -0.15) is 0 Å². The van der Waals surface area contributed by atoms with Gasteiger partial charge in [-0.25, -0.2) is 4.57 Å². The highest BCUT2D eigenvalue weighted by Crippen LogP contribution is 2.52. The fourth-order valence-electron chi connectivity index (χ4n) is 2.30. The quantitative estimate of drug-likeness (QED) is 0.520. The molecule has 0 amide bonds. The predicted octanol–water partition coefficient (Wildman–Crippen LogP) is 5.68. The van der Waals surface area contributed by atoms with Crippen LogP contribution in [0.3, 0.4) is 0 Å². The lowest BCUT2D eigenvalue weighted by Crippen LogP contribution is -2.02. The van der Waals surface area contributed by atoms with Crippen molar-refractivity contribution in [2.75, 3.05) is 0 Å². The maximum absolute atomic E-state index is 13.3. The van der Waals surface area contributed by atoms with Gasteiger partial charge < -0.3 is 4.52 Å². The largest absolute Gasteiger partial charge is 0.424 e. The number of rotatable bonds is 7. The lowest BCUT2D eigenvalue weighted by atomic mass is 10.2. The second-order valence-corrected chi connectivity index (χ2v) is 7.40. The maximum Gasteiger partial charge on any atom is 0.383 e. The number of para-hydroxylation sites is 1. The second kappa shape index (κ2) is 7.96. The van der Waals surface area contributed by atoms with Gasteiger partial charge in [0.15, 0.2) is 0 Å². The van der Waals surface area contributed by atoms with Gasteiger partial charge in [0.1, 0.15) is 5.75 Å². The maximum atomic E-state index is 13.3. The van der Waals surface area contributed by atoms with Crippen LogP contribution in [0.5, 0.6) is 5.75 Å². The van der Waals surface area contributed by atoms with E-state index in [1.807, 2.05) is 78.9 Å². The average molecular weight is 338 g/mol. The summed E-state index contributed by atoms with van der Waals surface area (Å²) in [5, 5.41) is 0. The third kappa shape index (κ3) is 4.82. The molecule has 122 valence electrons. The van der Waals surface area contributed by atoms with E-state index in [9.17, 15) is 4.57 Å². The van der Waals surface area contributed by atoms with E-state index in [0.717, 1.165) is 11.1 Å². The van der Waals surface area contributed by atoms with Gasteiger partial charge in [0.05, 0.1) is 12.8 Å². The van der Waals surface area contributed by atoms with Crippen LogP contribution in [-0.2, 0) is 21.9 Å². The Balaban J connectivity index is 1.78. The van der Waals surface area contributed by atoms with Crippen molar-refractivity contribution in [1.29, 1.82) is 0 Å². The molecule has 0 bridgehead atoms. The minimum absolute atomic E-state index is 0.232. The van der Waals surface area contributed by atoms with Crippen molar-refractivity contribution in [3.63, 3.8) is 0 Å². The molecule has 0 spiro atoms. The summed E-state index contributed by atoms with van der Waals surface area (Å²) >= 11 is 0. The number of hydrogen-bond donors (Lipinski definition) is 0. The van der Waals surface area contributed by atoms with Gasteiger partial charge in [0, 0.05) is 0 Å². The first-order chi connectivity index (χ1) is 11.7. The van der Waals surface area contributed by atoms with Gasteiger partial charge in [-0.3, -0.25) is 4.52 Å². The van der Waals surface area contributed by atoms with Crippen LogP contribution in [0.15, 0.2) is 91.0 Å². The van der Waals surface area contributed by atoms with E-state index in [1.54, 1.807) is 12.1 Å². The second-order valence-electron chi connectivity index (χ2n) is 5.42. The predicted molar refractivity (Wildman–Crippen MR) is 96.1 cm³/mol. The Labute approximate surface area is 142 Å².